The molecular formula is C13H15BrN6O2. The van der Waals surface area contributed by atoms with Gasteiger partial charge in [-0.3, -0.25) is 9.48 Å². The fraction of sp³-hybridized carbons (Fsp3) is 0.385. The largest absolute Gasteiger partial charge is 0.480 e. The van der Waals surface area contributed by atoms with Gasteiger partial charge in [0.25, 0.3) is 5.91 Å². The molecule has 1 saturated heterocycles. The van der Waals surface area contributed by atoms with E-state index in [1.807, 2.05) is 4.90 Å². The van der Waals surface area contributed by atoms with Crippen LogP contribution in [0, 0.1) is 0 Å². The molecule has 0 aromatic carbocycles. The van der Waals surface area contributed by atoms with Gasteiger partial charge in [0.2, 0.25) is 11.8 Å². The van der Waals surface area contributed by atoms with Gasteiger partial charge in [-0.2, -0.15) is 10.1 Å². The lowest BCUT2D eigenvalue weighted by molar-refractivity contribution is 0.0924. The van der Waals surface area contributed by atoms with Crippen molar-refractivity contribution in [3.8, 4) is 5.88 Å². The monoisotopic (exact) mass is 366 g/mol. The number of aryl methyl sites for hydroxylation is 1. The molecule has 1 aliphatic rings. The molecule has 0 spiro atoms. The molecule has 2 aromatic rings. The standard InChI is InChI=1S/C13H15BrN6O2/c1-19-4-3-10(18-19)11(21)16-8-6-20(7-8)13-15-5-9(14)12(17-13)22-2/h3-5,8H,6-7H2,1-2H3,(H,16,21). The van der Waals surface area contributed by atoms with Gasteiger partial charge >= 0.3 is 0 Å². The molecule has 9 heteroatoms. The molecule has 0 saturated carbocycles. The van der Waals surface area contributed by atoms with E-state index in [2.05, 4.69) is 36.3 Å². The molecule has 0 atom stereocenters. The average Bonchev–Trinajstić information content (AvgIpc) is 2.90. The molecule has 1 amide bonds. The van der Waals surface area contributed by atoms with Crippen molar-refractivity contribution in [2.24, 2.45) is 7.05 Å². The van der Waals surface area contributed by atoms with Gasteiger partial charge in [-0.15, -0.1) is 0 Å². The van der Waals surface area contributed by atoms with Crippen molar-refractivity contribution in [2.75, 3.05) is 25.1 Å². The number of ether oxygens (including phenoxy) is 1. The van der Waals surface area contributed by atoms with Crippen molar-refractivity contribution >= 4 is 27.8 Å². The Balaban J connectivity index is 1.57. The Labute approximate surface area is 135 Å². The first-order chi connectivity index (χ1) is 10.6. The van der Waals surface area contributed by atoms with Crippen LogP contribution in [0.15, 0.2) is 22.9 Å². The fourth-order valence-electron chi connectivity index (χ4n) is 2.17. The third-order valence-electron chi connectivity index (χ3n) is 3.34. The van der Waals surface area contributed by atoms with Crippen LogP contribution in [0.1, 0.15) is 10.5 Å². The van der Waals surface area contributed by atoms with Crippen molar-refractivity contribution in [3.05, 3.63) is 28.6 Å². The topological polar surface area (TPSA) is 85.2 Å². The number of halogens is 1. The van der Waals surface area contributed by atoms with Gasteiger partial charge in [0.15, 0.2) is 0 Å². The Morgan fingerprint density at radius 2 is 2.27 bits per heavy atom. The molecule has 3 rings (SSSR count). The number of aromatic nitrogens is 4. The molecule has 0 radical (unpaired) electrons. The Hall–Kier alpha value is -2.16. The van der Waals surface area contributed by atoms with Gasteiger partial charge in [-0.05, 0) is 22.0 Å². The van der Waals surface area contributed by atoms with Crippen molar-refractivity contribution in [1.29, 1.82) is 0 Å². The molecule has 1 aliphatic heterocycles. The van der Waals surface area contributed by atoms with E-state index in [0.717, 1.165) is 0 Å². The lowest BCUT2D eigenvalue weighted by Gasteiger charge is -2.39. The summed E-state index contributed by atoms with van der Waals surface area (Å²) in [5.74, 6) is 0.911. The zero-order valence-corrected chi connectivity index (χ0v) is 13.7. The lowest BCUT2D eigenvalue weighted by atomic mass is 10.1. The second kappa shape index (κ2) is 5.91. The number of nitrogens with one attached hydrogen (secondary N) is 1. The van der Waals surface area contributed by atoms with E-state index in [1.165, 1.54) is 0 Å². The molecule has 0 unspecified atom stereocenters. The Morgan fingerprint density at radius 1 is 1.50 bits per heavy atom. The summed E-state index contributed by atoms with van der Waals surface area (Å²) in [6.07, 6.45) is 3.39. The Bertz CT molecular complexity index is 698. The summed E-state index contributed by atoms with van der Waals surface area (Å²) in [4.78, 5) is 22.5. The van der Waals surface area contributed by atoms with Gasteiger partial charge in [0.05, 0.1) is 23.8 Å². The minimum atomic E-state index is -0.167. The summed E-state index contributed by atoms with van der Waals surface area (Å²) in [6.45, 7) is 1.31. The van der Waals surface area contributed by atoms with Crippen molar-refractivity contribution in [1.82, 2.24) is 25.1 Å². The highest BCUT2D eigenvalue weighted by atomic mass is 79.9. The van der Waals surface area contributed by atoms with E-state index in [-0.39, 0.29) is 11.9 Å². The van der Waals surface area contributed by atoms with Gasteiger partial charge in [0.1, 0.15) is 5.69 Å². The minimum Gasteiger partial charge on any atom is -0.480 e. The highest BCUT2D eigenvalue weighted by molar-refractivity contribution is 9.10. The van der Waals surface area contributed by atoms with Crippen LogP contribution in [0.4, 0.5) is 5.95 Å². The fourth-order valence-corrected chi connectivity index (χ4v) is 2.52. The number of anilines is 1. The van der Waals surface area contributed by atoms with Crippen LogP contribution in [0.25, 0.3) is 0 Å². The molecule has 0 aliphatic carbocycles. The summed E-state index contributed by atoms with van der Waals surface area (Å²) in [5, 5.41) is 7.01. The quantitative estimate of drug-likeness (QED) is 0.852. The highest BCUT2D eigenvalue weighted by Gasteiger charge is 2.31. The molecule has 8 nitrogen and oxygen atoms in total. The summed E-state index contributed by atoms with van der Waals surface area (Å²) in [7, 11) is 3.34. The van der Waals surface area contributed by atoms with Crippen LogP contribution in [0.2, 0.25) is 0 Å². The Kier molecular flexibility index (Phi) is 3.97. The van der Waals surface area contributed by atoms with Crippen LogP contribution in [-0.2, 0) is 7.05 Å². The number of carbonyl (C=O) groups excluding carboxylic acids is 1. The first-order valence-electron chi connectivity index (χ1n) is 6.69. The van der Waals surface area contributed by atoms with E-state index < -0.39 is 0 Å². The number of rotatable bonds is 4. The second-order valence-electron chi connectivity index (χ2n) is 4.98. The average molecular weight is 367 g/mol. The van der Waals surface area contributed by atoms with E-state index in [9.17, 15) is 4.79 Å². The smallest absolute Gasteiger partial charge is 0.272 e. The van der Waals surface area contributed by atoms with Gasteiger partial charge in [-0.1, -0.05) is 0 Å². The number of hydrogen-bond acceptors (Lipinski definition) is 6. The van der Waals surface area contributed by atoms with Crippen LogP contribution < -0.4 is 15.0 Å². The summed E-state index contributed by atoms with van der Waals surface area (Å²) < 4.78 is 7.46. The maximum absolute atomic E-state index is 12.0. The van der Waals surface area contributed by atoms with Gasteiger partial charge in [-0.25, -0.2) is 4.98 Å². The normalized spacial score (nSPS) is 14.6. The van der Waals surface area contributed by atoms with E-state index in [1.54, 1.807) is 37.3 Å². The minimum absolute atomic E-state index is 0.0627. The second-order valence-corrected chi connectivity index (χ2v) is 5.83. The van der Waals surface area contributed by atoms with Crippen LogP contribution in [0.5, 0.6) is 5.88 Å². The molecule has 22 heavy (non-hydrogen) atoms. The van der Waals surface area contributed by atoms with E-state index >= 15 is 0 Å². The molecule has 2 aromatic heterocycles. The maximum atomic E-state index is 12.0. The zero-order valence-electron chi connectivity index (χ0n) is 12.2. The number of hydrogen-bond donors (Lipinski definition) is 1. The number of carbonyl (C=O) groups is 1. The van der Waals surface area contributed by atoms with Gasteiger partial charge in [0, 0.05) is 26.3 Å². The number of nitrogens with zero attached hydrogens (tertiary/aromatic N) is 5. The predicted octanol–water partition coefficient (Wildman–Crippen LogP) is 0.600. The SMILES string of the molecule is COc1nc(N2CC(NC(=O)c3ccn(C)n3)C2)ncc1Br. The molecular weight excluding hydrogens is 352 g/mol. The van der Waals surface area contributed by atoms with Crippen molar-refractivity contribution < 1.29 is 9.53 Å². The van der Waals surface area contributed by atoms with Crippen LogP contribution in [0.3, 0.4) is 0 Å². The third kappa shape index (κ3) is 2.89. The first kappa shape index (κ1) is 14.8. The van der Waals surface area contributed by atoms with Gasteiger partial charge < -0.3 is 15.0 Å². The summed E-state index contributed by atoms with van der Waals surface area (Å²) in [5.41, 5.74) is 0.419. The summed E-state index contributed by atoms with van der Waals surface area (Å²) >= 11 is 3.32. The molecule has 0 bridgehead atoms. The molecule has 116 valence electrons. The Morgan fingerprint density at radius 3 is 2.91 bits per heavy atom. The van der Waals surface area contributed by atoms with Crippen molar-refractivity contribution in [3.63, 3.8) is 0 Å². The first-order valence-corrected chi connectivity index (χ1v) is 7.48. The number of amides is 1. The van der Waals surface area contributed by atoms with E-state index in [0.29, 0.717) is 35.1 Å². The van der Waals surface area contributed by atoms with E-state index in [4.69, 9.17) is 4.74 Å². The molecule has 1 fully saturated rings. The summed E-state index contributed by atoms with van der Waals surface area (Å²) in [6, 6.07) is 1.75. The maximum Gasteiger partial charge on any atom is 0.272 e. The van der Waals surface area contributed by atoms with Crippen molar-refractivity contribution in [2.45, 2.75) is 6.04 Å². The molecule has 3 heterocycles. The third-order valence-corrected chi connectivity index (χ3v) is 3.88. The highest BCUT2D eigenvalue weighted by Crippen LogP contribution is 2.25. The zero-order chi connectivity index (χ0) is 15.7. The predicted molar refractivity (Wildman–Crippen MR) is 83.0 cm³/mol. The van der Waals surface area contributed by atoms with Crippen LogP contribution >= 0.6 is 15.9 Å². The molecule has 1 N–H and O–H groups in total. The number of methoxy groups -OCH3 is 1. The lowest BCUT2D eigenvalue weighted by Crippen LogP contribution is -2.60. The van der Waals surface area contributed by atoms with Crippen LogP contribution in [-0.4, -0.2) is 51.9 Å².